The number of nitrogens with zero attached hydrogens (tertiary/aromatic N) is 3. The van der Waals surface area contributed by atoms with Gasteiger partial charge in [0.05, 0.1) is 11.5 Å². The molecule has 3 heterocycles. The van der Waals surface area contributed by atoms with Crippen molar-refractivity contribution < 1.29 is 8.42 Å². The summed E-state index contributed by atoms with van der Waals surface area (Å²) < 4.78 is 25.5. The van der Waals surface area contributed by atoms with Crippen LogP contribution in [0.5, 0.6) is 0 Å². The third-order valence-corrected chi connectivity index (χ3v) is 5.72. The summed E-state index contributed by atoms with van der Waals surface area (Å²) in [6.07, 6.45) is 3.99. The molecule has 1 aliphatic rings. The zero-order valence-corrected chi connectivity index (χ0v) is 13.3. The van der Waals surface area contributed by atoms with Gasteiger partial charge in [0, 0.05) is 18.7 Å². The van der Waals surface area contributed by atoms with Crippen LogP contribution in [0.25, 0.3) is 11.2 Å². The molecule has 0 amide bonds. The first-order valence-corrected chi connectivity index (χ1v) is 9.30. The van der Waals surface area contributed by atoms with Crippen molar-refractivity contribution in [1.29, 1.82) is 0 Å². The van der Waals surface area contributed by atoms with Crippen LogP contribution in [0.3, 0.4) is 0 Å². The summed E-state index contributed by atoms with van der Waals surface area (Å²) in [7, 11) is -2.85. The Morgan fingerprint density at radius 2 is 2.05 bits per heavy atom. The minimum atomic E-state index is -2.85. The summed E-state index contributed by atoms with van der Waals surface area (Å²) in [5, 5.41) is 0. The molecule has 0 aromatic carbocycles. The SMILES string of the molecule is CC(C)Cc1nc2cccnc2n1C1CCS(=O)(=O)CC1. The van der Waals surface area contributed by atoms with Crippen LogP contribution < -0.4 is 0 Å². The molecule has 0 N–H and O–H groups in total. The van der Waals surface area contributed by atoms with Gasteiger partial charge in [0.1, 0.15) is 21.2 Å². The molecular formula is C15H21N3O2S. The quantitative estimate of drug-likeness (QED) is 0.873. The molecule has 21 heavy (non-hydrogen) atoms. The van der Waals surface area contributed by atoms with Crippen LogP contribution in [-0.4, -0.2) is 34.5 Å². The predicted molar refractivity (Wildman–Crippen MR) is 83.0 cm³/mol. The first-order chi connectivity index (χ1) is 9.96. The van der Waals surface area contributed by atoms with E-state index in [-0.39, 0.29) is 17.5 Å². The highest BCUT2D eigenvalue weighted by Crippen LogP contribution is 2.29. The molecule has 0 unspecified atom stereocenters. The van der Waals surface area contributed by atoms with Crippen LogP contribution >= 0.6 is 0 Å². The van der Waals surface area contributed by atoms with E-state index >= 15 is 0 Å². The van der Waals surface area contributed by atoms with Gasteiger partial charge in [-0.15, -0.1) is 0 Å². The number of fused-ring (bicyclic) bond motifs is 1. The molecule has 2 aromatic rings. The smallest absolute Gasteiger partial charge is 0.160 e. The molecule has 0 bridgehead atoms. The van der Waals surface area contributed by atoms with Crippen LogP contribution in [0.4, 0.5) is 0 Å². The Hall–Kier alpha value is -1.43. The second-order valence-electron chi connectivity index (χ2n) is 6.23. The highest BCUT2D eigenvalue weighted by atomic mass is 32.2. The van der Waals surface area contributed by atoms with Crippen molar-refractivity contribution in [3.05, 3.63) is 24.2 Å². The van der Waals surface area contributed by atoms with Gasteiger partial charge in [-0.25, -0.2) is 18.4 Å². The van der Waals surface area contributed by atoms with Gasteiger partial charge in [-0.1, -0.05) is 13.8 Å². The zero-order valence-electron chi connectivity index (χ0n) is 12.5. The molecule has 3 rings (SSSR count). The summed E-state index contributed by atoms with van der Waals surface area (Å²) in [5.41, 5.74) is 1.79. The average Bonchev–Trinajstić information content (AvgIpc) is 2.76. The van der Waals surface area contributed by atoms with Gasteiger partial charge in [0.15, 0.2) is 5.65 Å². The maximum absolute atomic E-state index is 11.7. The molecule has 0 spiro atoms. The van der Waals surface area contributed by atoms with Crippen LogP contribution in [0.15, 0.2) is 18.3 Å². The molecule has 0 radical (unpaired) electrons. The largest absolute Gasteiger partial charge is 0.310 e. The van der Waals surface area contributed by atoms with E-state index in [2.05, 4.69) is 23.4 Å². The third kappa shape index (κ3) is 2.95. The lowest BCUT2D eigenvalue weighted by Crippen LogP contribution is -2.27. The van der Waals surface area contributed by atoms with E-state index in [0.717, 1.165) is 23.4 Å². The number of hydrogen-bond acceptors (Lipinski definition) is 4. The Balaban J connectivity index is 2.03. The van der Waals surface area contributed by atoms with Gasteiger partial charge in [-0.3, -0.25) is 0 Å². The monoisotopic (exact) mass is 307 g/mol. The molecule has 2 aromatic heterocycles. The highest BCUT2D eigenvalue weighted by molar-refractivity contribution is 7.91. The topological polar surface area (TPSA) is 64.8 Å². The maximum Gasteiger partial charge on any atom is 0.160 e. The maximum atomic E-state index is 11.7. The lowest BCUT2D eigenvalue weighted by molar-refractivity contribution is 0.435. The fraction of sp³-hybridized carbons (Fsp3) is 0.600. The van der Waals surface area contributed by atoms with Crippen molar-refractivity contribution in [2.24, 2.45) is 5.92 Å². The molecule has 1 saturated heterocycles. The van der Waals surface area contributed by atoms with E-state index in [0.29, 0.717) is 18.8 Å². The third-order valence-electron chi connectivity index (χ3n) is 4.00. The second kappa shape index (κ2) is 5.40. The standard InChI is InChI=1S/C15H21N3O2S/c1-11(2)10-14-17-13-4-3-7-16-15(13)18(14)12-5-8-21(19,20)9-6-12/h3-4,7,11-12H,5-6,8-10H2,1-2H3. The minimum absolute atomic E-state index is 0.196. The molecule has 0 atom stereocenters. The number of pyridine rings is 1. The lowest BCUT2D eigenvalue weighted by atomic mass is 10.1. The number of rotatable bonds is 3. The fourth-order valence-electron chi connectivity index (χ4n) is 3.01. The van der Waals surface area contributed by atoms with Crippen LogP contribution in [-0.2, 0) is 16.3 Å². The van der Waals surface area contributed by atoms with Crippen LogP contribution in [0.1, 0.15) is 38.6 Å². The van der Waals surface area contributed by atoms with Gasteiger partial charge in [-0.05, 0) is 30.9 Å². The van der Waals surface area contributed by atoms with E-state index in [4.69, 9.17) is 4.98 Å². The highest BCUT2D eigenvalue weighted by Gasteiger charge is 2.28. The summed E-state index contributed by atoms with van der Waals surface area (Å²) >= 11 is 0. The number of hydrogen-bond donors (Lipinski definition) is 0. The lowest BCUT2D eigenvalue weighted by Gasteiger charge is -2.25. The predicted octanol–water partition coefficient (Wildman–Crippen LogP) is 2.38. The molecular weight excluding hydrogens is 286 g/mol. The molecule has 1 fully saturated rings. The van der Waals surface area contributed by atoms with E-state index < -0.39 is 9.84 Å². The number of sulfone groups is 1. The zero-order chi connectivity index (χ0) is 15.0. The second-order valence-corrected chi connectivity index (χ2v) is 8.53. The van der Waals surface area contributed by atoms with E-state index in [1.807, 2.05) is 12.1 Å². The fourth-order valence-corrected chi connectivity index (χ4v) is 4.47. The van der Waals surface area contributed by atoms with Gasteiger partial charge in [0.2, 0.25) is 0 Å². The van der Waals surface area contributed by atoms with Crippen molar-refractivity contribution in [3.8, 4) is 0 Å². The molecule has 1 aliphatic heterocycles. The van der Waals surface area contributed by atoms with Crippen LogP contribution in [0.2, 0.25) is 0 Å². The van der Waals surface area contributed by atoms with Gasteiger partial charge in [-0.2, -0.15) is 0 Å². The van der Waals surface area contributed by atoms with Crippen LogP contribution in [0, 0.1) is 5.92 Å². The molecule has 0 aliphatic carbocycles. The van der Waals surface area contributed by atoms with Gasteiger partial charge >= 0.3 is 0 Å². The normalized spacial score (nSPS) is 19.4. The molecule has 0 saturated carbocycles. The van der Waals surface area contributed by atoms with Gasteiger partial charge < -0.3 is 4.57 Å². The van der Waals surface area contributed by atoms with Gasteiger partial charge in [0.25, 0.3) is 0 Å². The Labute approximate surface area is 125 Å². The Kier molecular flexibility index (Phi) is 3.73. The van der Waals surface area contributed by atoms with Crippen molar-refractivity contribution in [1.82, 2.24) is 14.5 Å². The first kappa shape index (κ1) is 14.5. The molecule has 114 valence electrons. The average molecular weight is 307 g/mol. The molecule has 5 nitrogen and oxygen atoms in total. The molecule has 6 heteroatoms. The van der Waals surface area contributed by atoms with Crippen molar-refractivity contribution in [2.75, 3.05) is 11.5 Å². The first-order valence-electron chi connectivity index (χ1n) is 7.48. The summed E-state index contributed by atoms with van der Waals surface area (Å²) in [4.78, 5) is 9.19. The summed E-state index contributed by atoms with van der Waals surface area (Å²) in [5.74, 6) is 2.08. The summed E-state index contributed by atoms with van der Waals surface area (Å²) in [6, 6.07) is 4.06. The number of imidazole rings is 1. The van der Waals surface area contributed by atoms with E-state index in [1.54, 1.807) is 6.20 Å². The van der Waals surface area contributed by atoms with E-state index in [1.165, 1.54) is 0 Å². The van der Waals surface area contributed by atoms with Crippen molar-refractivity contribution in [2.45, 2.75) is 39.2 Å². The Morgan fingerprint density at radius 3 is 2.71 bits per heavy atom. The Morgan fingerprint density at radius 1 is 1.33 bits per heavy atom. The summed E-state index contributed by atoms with van der Waals surface area (Å²) in [6.45, 7) is 4.34. The van der Waals surface area contributed by atoms with Crippen molar-refractivity contribution >= 4 is 21.0 Å². The van der Waals surface area contributed by atoms with Crippen molar-refractivity contribution in [3.63, 3.8) is 0 Å². The number of aromatic nitrogens is 3. The minimum Gasteiger partial charge on any atom is -0.310 e. The Bertz CT molecular complexity index is 735. The van der Waals surface area contributed by atoms with E-state index in [9.17, 15) is 8.42 Å².